The van der Waals surface area contributed by atoms with Crippen molar-refractivity contribution < 1.29 is 14.3 Å². The van der Waals surface area contributed by atoms with Gasteiger partial charge in [-0.2, -0.15) is 0 Å². The van der Waals surface area contributed by atoms with Crippen molar-refractivity contribution in [2.24, 2.45) is 0 Å². The van der Waals surface area contributed by atoms with Crippen LogP contribution in [0.2, 0.25) is 0 Å². The predicted octanol–water partition coefficient (Wildman–Crippen LogP) is 1.54. The minimum atomic E-state index is -0.986. The summed E-state index contributed by atoms with van der Waals surface area (Å²) in [6, 6.07) is 9.64. The molecule has 1 aliphatic heterocycles. The fourth-order valence-corrected chi connectivity index (χ4v) is 3.13. The molecule has 0 spiro atoms. The highest BCUT2D eigenvalue weighted by Gasteiger charge is 2.48. The molecule has 0 bridgehead atoms. The van der Waals surface area contributed by atoms with Crippen molar-refractivity contribution in [2.75, 3.05) is 20.3 Å². The summed E-state index contributed by atoms with van der Waals surface area (Å²) >= 11 is 0. The second-order valence-corrected chi connectivity index (χ2v) is 5.82. The van der Waals surface area contributed by atoms with E-state index in [4.69, 9.17) is 4.74 Å². The Labute approximate surface area is 137 Å². The zero-order valence-corrected chi connectivity index (χ0v) is 13.9. The third kappa shape index (κ3) is 3.62. The molecule has 0 aromatic heterocycles. The summed E-state index contributed by atoms with van der Waals surface area (Å²) in [7, 11) is 1.59. The van der Waals surface area contributed by atoms with Crippen LogP contribution in [0.4, 0.5) is 0 Å². The van der Waals surface area contributed by atoms with E-state index in [9.17, 15) is 9.59 Å². The van der Waals surface area contributed by atoms with Gasteiger partial charge in [-0.05, 0) is 12.5 Å². The Morgan fingerprint density at radius 1 is 1.30 bits per heavy atom. The topological polar surface area (TPSA) is 58.6 Å². The molecule has 0 saturated heterocycles. The first-order valence-electron chi connectivity index (χ1n) is 7.81. The van der Waals surface area contributed by atoms with Gasteiger partial charge in [0, 0.05) is 33.0 Å². The maximum atomic E-state index is 12.9. The van der Waals surface area contributed by atoms with Crippen molar-refractivity contribution in [3.8, 4) is 0 Å². The molecule has 2 rings (SSSR count). The van der Waals surface area contributed by atoms with E-state index in [2.05, 4.69) is 5.32 Å². The van der Waals surface area contributed by atoms with Gasteiger partial charge in [0.05, 0.1) is 6.61 Å². The van der Waals surface area contributed by atoms with Crippen molar-refractivity contribution in [2.45, 2.75) is 31.8 Å². The summed E-state index contributed by atoms with van der Waals surface area (Å²) < 4.78 is 4.99. The Kier molecular flexibility index (Phi) is 5.55. The Morgan fingerprint density at radius 3 is 2.61 bits per heavy atom. The van der Waals surface area contributed by atoms with Crippen LogP contribution in [0.1, 0.15) is 19.4 Å². The van der Waals surface area contributed by atoms with Gasteiger partial charge in [-0.3, -0.25) is 9.59 Å². The highest BCUT2D eigenvalue weighted by atomic mass is 16.5. The summed E-state index contributed by atoms with van der Waals surface area (Å²) in [5.74, 6) is -0.283. The first-order valence-corrected chi connectivity index (χ1v) is 7.81. The first kappa shape index (κ1) is 17.2. The molecule has 1 aromatic rings. The predicted molar refractivity (Wildman–Crippen MR) is 88.9 cm³/mol. The summed E-state index contributed by atoms with van der Waals surface area (Å²) in [6.07, 6.45) is 4.22. The number of nitrogens with zero attached hydrogens (tertiary/aromatic N) is 1. The molecule has 1 N–H and O–H groups in total. The fourth-order valence-electron chi connectivity index (χ4n) is 3.13. The maximum absolute atomic E-state index is 12.9. The van der Waals surface area contributed by atoms with Crippen LogP contribution < -0.4 is 5.32 Å². The molecule has 2 amide bonds. The normalized spacial score (nSPS) is 23.1. The van der Waals surface area contributed by atoms with Crippen LogP contribution in [0.25, 0.3) is 0 Å². The van der Waals surface area contributed by atoms with Crippen molar-refractivity contribution in [1.82, 2.24) is 10.2 Å². The standard InChI is InChI=1S/C18H24N2O3/c1-14-9-10-18(20(14)15(2)21,17(22)19-11-12-23-3)13-16-7-5-4-6-8-16/h4-10,14H,11-13H2,1-3H3,(H,19,22)/t14-,18+/m1/s1. The molecule has 23 heavy (non-hydrogen) atoms. The number of hydrogen-bond donors (Lipinski definition) is 1. The number of hydrogen-bond acceptors (Lipinski definition) is 3. The number of methoxy groups -OCH3 is 1. The quantitative estimate of drug-likeness (QED) is 0.640. The number of nitrogens with one attached hydrogen (secondary N) is 1. The van der Waals surface area contributed by atoms with Crippen LogP contribution in [-0.4, -0.2) is 48.6 Å². The molecule has 1 aromatic carbocycles. The molecule has 1 aliphatic rings. The van der Waals surface area contributed by atoms with Crippen LogP contribution >= 0.6 is 0 Å². The van der Waals surface area contributed by atoms with Gasteiger partial charge in [0.25, 0.3) is 0 Å². The smallest absolute Gasteiger partial charge is 0.250 e. The molecule has 0 radical (unpaired) electrons. The Hall–Kier alpha value is -2.14. The minimum absolute atomic E-state index is 0.107. The molecular formula is C18H24N2O3. The average molecular weight is 316 g/mol. The number of carbonyl (C=O) groups is 2. The largest absolute Gasteiger partial charge is 0.383 e. The van der Waals surface area contributed by atoms with Crippen LogP contribution in [0.5, 0.6) is 0 Å². The number of ether oxygens (including phenoxy) is 1. The summed E-state index contributed by atoms with van der Waals surface area (Å²) in [5.41, 5.74) is 0.0276. The van der Waals surface area contributed by atoms with Crippen LogP contribution in [0.15, 0.2) is 42.5 Å². The zero-order valence-electron chi connectivity index (χ0n) is 13.9. The van der Waals surface area contributed by atoms with Crippen LogP contribution in [0.3, 0.4) is 0 Å². The highest BCUT2D eigenvalue weighted by Crippen LogP contribution is 2.32. The Morgan fingerprint density at radius 2 is 2.00 bits per heavy atom. The number of rotatable bonds is 6. The van der Waals surface area contributed by atoms with E-state index in [-0.39, 0.29) is 17.9 Å². The van der Waals surface area contributed by atoms with E-state index in [1.165, 1.54) is 6.92 Å². The van der Waals surface area contributed by atoms with Gasteiger partial charge in [0.2, 0.25) is 11.8 Å². The van der Waals surface area contributed by atoms with Gasteiger partial charge in [-0.1, -0.05) is 42.5 Å². The SMILES string of the molecule is COCCNC(=O)[C@@]1(Cc2ccccc2)C=C[C@@H](C)N1C(C)=O. The molecule has 0 unspecified atom stereocenters. The van der Waals surface area contributed by atoms with E-state index in [0.29, 0.717) is 19.6 Å². The van der Waals surface area contributed by atoms with Gasteiger partial charge in [0.15, 0.2) is 0 Å². The first-order chi connectivity index (χ1) is 11.0. The average Bonchev–Trinajstić information content (AvgIpc) is 2.86. The third-order valence-corrected chi connectivity index (χ3v) is 4.13. The van der Waals surface area contributed by atoms with Gasteiger partial charge in [-0.15, -0.1) is 0 Å². The van der Waals surface area contributed by atoms with Crippen molar-refractivity contribution in [1.29, 1.82) is 0 Å². The van der Waals surface area contributed by atoms with Crippen LogP contribution in [-0.2, 0) is 20.7 Å². The molecule has 0 fully saturated rings. The van der Waals surface area contributed by atoms with Gasteiger partial charge < -0.3 is 15.0 Å². The van der Waals surface area contributed by atoms with Crippen molar-refractivity contribution in [3.63, 3.8) is 0 Å². The van der Waals surface area contributed by atoms with Crippen molar-refractivity contribution in [3.05, 3.63) is 48.0 Å². The Bertz CT molecular complexity index is 585. The molecule has 0 saturated carbocycles. The molecule has 1 heterocycles. The van der Waals surface area contributed by atoms with E-state index in [1.807, 2.05) is 49.4 Å². The molecule has 124 valence electrons. The van der Waals surface area contributed by atoms with Crippen molar-refractivity contribution >= 4 is 11.8 Å². The molecule has 2 atom stereocenters. The number of carbonyl (C=O) groups excluding carboxylic acids is 2. The summed E-state index contributed by atoms with van der Waals surface area (Å²) in [6.45, 7) is 4.28. The summed E-state index contributed by atoms with van der Waals surface area (Å²) in [4.78, 5) is 26.7. The lowest BCUT2D eigenvalue weighted by Gasteiger charge is -2.38. The Balaban J connectivity index is 2.32. The van der Waals surface area contributed by atoms with E-state index < -0.39 is 5.54 Å². The third-order valence-electron chi connectivity index (χ3n) is 4.13. The van der Waals surface area contributed by atoms with Crippen LogP contribution in [0, 0.1) is 0 Å². The van der Waals surface area contributed by atoms with E-state index in [0.717, 1.165) is 5.56 Å². The number of amides is 2. The molecule has 5 nitrogen and oxygen atoms in total. The van der Waals surface area contributed by atoms with Gasteiger partial charge >= 0.3 is 0 Å². The zero-order chi connectivity index (χ0) is 16.9. The van der Waals surface area contributed by atoms with E-state index in [1.54, 1.807) is 12.0 Å². The number of benzene rings is 1. The fraction of sp³-hybridized carbons (Fsp3) is 0.444. The second-order valence-electron chi connectivity index (χ2n) is 5.82. The molecular weight excluding hydrogens is 292 g/mol. The van der Waals surface area contributed by atoms with Gasteiger partial charge in [0.1, 0.15) is 5.54 Å². The summed E-state index contributed by atoms with van der Waals surface area (Å²) in [5, 5.41) is 2.88. The lowest BCUT2D eigenvalue weighted by molar-refractivity contribution is -0.144. The highest BCUT2D eigenvalue weighted by molar-refractivity contribution is 5.94. The second kappa shape index (κ2) is 7.42. The molecule has 5 heteroatoms. The lowest BCUT2D eigenvalue weighted by atomic mass is 9.89. The maximum Gasteiger partial charge on any atom is 0.250 e. The monoisotopic (exact) mass is 316 g/mol. The lowest BCUT2D eigenvalue weighted by Crippen LogP contribution is -2.60. The minimum Gasteiger partial charge on any atom is -0.383 e. The van der Waals surface area contributed by atoms with E-state index >= 15 is 0 Å². The molecule has 0 aliphatic carbocycles. The van der Waals surface area contributed by atoms with Gasteiger partial charge in [-0.25, -0.2) is 0 Å².